The lowest BCUT2D eigenvalue weighted by Gasteiger charge is -2.35. The molecule has 8 heteroatoms. The number of anilines is 2. The van der Waals surface area contributed by atoms with Crippen LogP contribution in [0.5, 0.6) is 0 Å². The first kappa shape index (κ1) is 13.8. The third kappa shape index (κ3) is 2.56. The van der Waals surface area contributed by atoms with Crippen LogP contribution in [0, 0.1) is 0 Å². The summed E-state index contributed by atoms with van der Waals surface area (Å²) in [6.45, 7) is 1.37. The molecule has 1 unspecified atom stereocenters. The molecular weight excluding hydrogens is 294 g/mol. The molecule has 0 radical (unpaired) electrons. The Kier molecular flexibility index (Phi) is 3.50. The van der Waals surface area contributed by atoms with Gasteiger partial charge in [-0.15, -0.1) is 0 Å². The number of nitrogen functional groups attached to an aromatic ring is 1. The Morgan fingerprint density at radius 1 is 1.62 bits per heavy atom. The van der Waals surface area contributed by atoms with Crippen LogP contribution >= 0.6 is 11.6 Å². The summed E-state index contributed by atoms with van der Waals surface area (Å²) >= 11 is 6.31. The van der Waals surface area contributed by atoms with Gasteiger partial charge >= 0.3 is 6.09 Å². The van der Waals surface area contributed by atoms with E-state index in [1.807, 2.05) is 0 Å². The number of hydrogen-bond donors (Lipinski definition) is 4. The van der Waals surface area contributed by atoms with Crippen LogP contribution in [0.25, 0.3) is 11.0 Å². The van der Waals surface area contributed by atoms with E-state index in [1.54, 1.807) is 12.4 Å². The summed E-state index contributed by atoms with van der Waals surface area (Å²) in [5.41, 5.74) is 8.09. The lowest BCUT2D eigenvalue weighted by molar-refractivity contribution is 0.188. The highest BCUT2D eigenvalue weighted by Crippen LogP contribution is 2.37. The normalized spacial score (nSPS) is 18.9. The minimum absolute atomic E-state index is 0.115. The lowest BCUT2D eigenvalue weighted by atomic mass is 10.0. The Balaban J connectivity index is 1.97. The molecule has 2 aromatic rings. The second kappa shape index (κ2) is 5.33. The number of aromatic nitrogens is 2. The van der Waals surface area contributed by atoms with Gasteiger partial charge in [-0.3, -0.25) is 0 Å². The Labute approximate surface area is 126 Å². The van der Waals surface area contributed by atoms with E-state index in [0.29, 0.717) is 22.9 Å². The summed E-state index contributed by atoms with van der Waals surface area (Å²) in [6.07, 6.45) is 3.97. The number of piperidine rings is 1. The number of aromatic amines is 1. The number of carbonyl (C=O) groups is 1. The second-order valence-corrected chi connectivity index (χ2v) is 5.56. The highest BCUT2D eigenvalue weighted by Gasteiger charge is 2.25. The molecule has 0 bridgehead atoms. The average Bonchev–Trinajstić information content (AvgIpc) is 2.80. The van der Waals surface area contributed by atoms with E-state index in [-0.39, 0.29) is 6.04 Å². The van der Waals surface area contributed by atoms with Crippen molar-refractivity contribution in [2.75, 3.05) is 23.7 Å². The molecule has 0 saturated carbocycles. The van der Waals surface area contributed by atoms with E-state index in [2.05, 4.69) is 20.2 Å². The Morgan fingerprint density at radius 3 is 3.19 bits per heavy atom. The molecule has 7 nitrogen and oxygen atoms in total. The fourth-order valence-electron chi connectivity index (χ4n) is 2.86. The molecule has 3 rings (SSSR count). The first-order chi connectivity index (χ1) is 10.1. The molecule has 21 heavy (non-hydrogen) atoms. The molecule has 2 aromatic heterocycles. The predicted octanol–water partition coefficient (Wildman–Crippen LogP) is 2.03. The van der Waals surface area contributed by atoms with Gasteiger partial charge in [-0.05, 0) is 12.8 Å². The van der Waals surface area contributed by atoms with Crippen molar-refractivity contribution in [3.63, 3.8) is 0 Å². The molecule has 1 atom stereocenters. The van der Waals surface area contributed by atoms with Crippen molar-refractivity contribution in [1.29, 1.82) is 0 Å². The first-order valence-electron chi connectivity index (χ1n) is 6.71. The summed E-state index contributed by atoms with van der Waals surface area (Å²) < 4.78 is 0. The highest BCUT2D eigenvalue weighted by molar-refractivity contribution is 6.35. The van der Waals surface area contributed by atoms with Crippen molar-refractivity contribution < 1.29 is 9.90 Å². The smallest absolute Gasteiger partial charge is 0.404 e. The maximum Gasteiger partial charge on any atom is 0.404 e. The number of pyridine rings is 1. The van der Waals surface area contributed by atoms with Gasteiger partial charge in [-0.2, -0.15) is 0 Å². The molecule has 1 aliphatic heterocycles. The second-order valence-electron chi connectivity index (χ2n) is 5.16. The molecular formula is C13H16ClN5O2. The van der Waals surface area contributed by atoms with Crippen molar-refractivity contribution >= 4 is 40.1 Å². The van der Waals surface area contributed by atoms with Gasteiger partial charge in [0.05, 0.1) is 28.0 Å². The minimum Gasteiger partial charge on any atom is -0.465 e. The number of fused-ring (bicyclic) bond motifs is 1. The fraction of sp³-hybridized carbons (Fsp3) is 0.385. The van der Waals surface area contributed by atoms with E-state index < -0.39 is 6.09 Å². The monoisotopic (exact) mass is 309 g/mol. The van der Waals surface area contributed by atoms with Crippen LogP contribution in [0.1, 0.15) is 12.8 Å². The molecule has 1 saturated heterocycles. The van der Waals surface area contributed by atoms with Crippen LogP contribution in [0.2, 0.25) is 5.02 Å². The fourth-order valence-corrected chi connectivity index (χ4v) is 3.12. The van der Waals surface area contributed by atoms with E-state index in [9.17, 15) is 4.79 Å². The topological polar surface area (TPSA) is 107 Å². The third-order valence-electron chi connectivity index (χ3n) is 3.73. The number of H-pyrrole nitrogens is 1. The number of halogens is 1. The largest absolute Gasteiger partial charge is 0.465 e. The van der Waals surface area contributed by atoms with E-state index in [1.165, 1.54) is 0 Å². The van der Waals surface area contributed by atoms with Gasteiger partial charge in [0.15, 0.2) is 0 Å². The molecule has 1 fully saturated rings. The zero-order valence-electron chi connectivity index (χ0n) is 11.3. The van der Waals surface area contributed by atoms with E-state index >= 15 is 0 Å². The lowest BCUT2D eigenvalue weighted by Crippen LogP contribution is -2.47. The molecule has 0 aromatic carbocycles. The van der Waals surface area contributed by atoms with Crippen molar-refractivity contribution in [3.8, 4) is 0 Å². The van der Waals surface area contributed by atoms with E-state index in [0.717, 1.165) is 30.5 Å². The van der Waals surface area contributed by atoms with Crippen molar-refractivity contribution in [2.24, 2.45) is 0 Å². The first-order valence-corrected chi connectivity index (χ1v) is 7.09. The zero-order valence-corrected chi connectivity index (χ0v) is 12.0. The van der Waals surface area contributed by atoms with Crippen LogP contribution in [-0.2, 0) is 0 Å². The Hall–Kier alpha value is -2.15. The number of hydrogen-bond acceptors (Lipinski definition) is 4. The summed E-state index contributed by atoms with van der Waals surface area (Å²) in [4.78, 5) is 20.1. The maximum absolute atomic E-state index is 10.8. The van der Waals surface area contributed by atoms with Crippen molar-refractivity contribution in [2.45, 2.75) is 18.9 Å². The average molecular weight is 310 g/mol. The van der Waals surface area contributed by atoms with Crippen LogP contribution in [0.3, 0.4) is 0 Å². The molecule has 5 N–H and O–H groups in total. The number of nitrogens with one attached hydrogen (secondary N) is 2. The van der Waals surface area contributed by atoms with Crippen molar-refractivity contribution in [1.82, 2.24) is 15.3 Å². The van der Waals surface area contributed by atoms with Crippen molar-refractivity contribution in [3.05, 3.63) is 17.4 Å². The van der Waals surface area contributed by atoms with Crippen LogP contribution in [-0.4, -0.2) is 40.3 Å². The molecule has 112 valence electrons. The number of nitrogens with zero attached hydrogens (tertiary/aromatic N) is 2. The van der Waals surface area contributed by atoms with Gasteiger partial charge in [0.25, 0.3) is 0 Å². The summed E-state index contributed by atoms with van der Waals surface area (Å²) in [5.74, 6) is 0. The maximum atomic E-state index is 10.8. The number of carboxylic acid groups (broad SMARTS) is 1. The molecule has 0 aliphatic carbocycles. The Bertz CT molecular complexity index is 686. The summed E-state index contributed by atoms with van der Waals surface area (Å²) in [5, 5.41) is 12.7. The quantitative estimate of drug-likeness (QED) is 0.679. The van der Waals surface area contributed by atoms with Gasteiger partial charge in [-0.1, -0.05) is 11.6 Å². The van der Waals surface area contributed by atoms with Gasteiger partial charge in [-0.25, -0.2) is 9.78 Å². The summed E-state index contributed by atoms with van der Waals surface area (Å²) in [7, 11) is 0. The standard InChI is InChI=1S/C13H16ClN5O2/c14-8-4-16-12-10(9(15)5-17-12)11(8)19-3-1-2-7(6-19)18-13(20)21/h4-5,7,18H,1-3,6,15H2,(H,16,17)(H,20,21). The van der Waals surface area contributed by atoms with Crippen LogP contribution < -0.4 is 16.0 Å². The predicted molar refractivity (Wildman–Crippen MR) is 81.9 cm³/mol. The number of amides is 1. The van der Waals surface area contributed by atoms with Crippen LogP contribution in [0.4, 0.5) is 16.2 Å². The molecule has 0 spiro atoms. The number of nitrogens with two attached hydrogens (primary N) is 1. The zero-order chi connectivity index (χ0) is 15.0. The van der Waals surface area contributed by atoms with Gasteiger partial charge in [0.1, 0.15) is 5.65 Å². The van der Waals surface area contributed by atoms with Gasteiger partial charge in [0.2, 0.25) is 0 Å². The summed E-state index contributed by atoms with van der Waals surface area (Å²) in [6, 6.07) is -0.115. The Morgan fingerprint density at radius 2 is 2.43 bits per heavy atom. The molecule has 1 amide bonds. The molecule has 1 aliphatic rings. The van der Waals surface area contributed by atoms with Gasteiger partial charge < -0.3 is 26.0 Å². The van der Waals surface area contributed by atoms with Gasteiger partial charge in [0, 0.05) is 25.3 Å². The molecule has 3 heterocycles. The SMILES string of the molecule is Nc1c[nH]c2ncc(Cl)c(N3CCCC(NC(=O)O)C3)c12. The minimum atomic E-state index is -1.01. The number of rotatable bonds is 2. The highest BCUT2D eigenvalue weighted by atomic mass is 35.5. The van der Waals surface area contributed by atoms with E-state index in [4.69, 9.17) is 22.4 Å². The van der Waals surface area contributed by atoms with Crippen LogP contribution in [0.15, 0.2) is 12.4 Å². The third-order valence-corrected chi connectivity index (χ3v) is 4.00.